The predicted molar refractivity (Wildman–Crippen MR) is 56.9 cm³/mol. The summed E-state index contributed by atoms with van der Waals surface area (Å²) in [6.45, 7) is 1.31. The van der Waals surface area contributed by atoms with E-state index in [9.17, 15) is 14.0 Å². The van der Waals surface area contributed by atoms with Crippen LogP contribution in [0.15, 0.2) is 18.2 Å². The molecule has 1 N–H and O–H groups in total. The summed E-state index contributed by atoms with van der Waals surface area (Å²) in [6.07, 6.45) is -0.236. The van der Waals surface area contributed by atoms with Gasteiger partial charge in [0.05, 0.1) is 19.2 Å². The number of carbonyl (C=O) groups is 2. The van der Waals surface area contributed by atoms with Gasteiger partial charge < -0.3 is 10.1 Å². The molecule has 1 aromatic rings. The highest BCUT2D eigenvalue weighted by Crippen LogP contribution is 2.24. The Morgan fingerprint density at radius 3 is 2.69 bits per heavy atom. The smallest absolute Gasteiger partial charge is 0.231 e. The zero-order valence-electron chi connectivity index (χ0n) is 9.04. The summed E-state index contributed by atoms with van der Waals surface area (Å²) in [5.74, 6) is -0.888. The Labute approximate surface area is 92.4 Å². The lowest BCUT2D eigenvalue weighted by Crippen LogP contribution is -2.15. The molecule has 0 saturated heterocycles. The van der Waals surface area contributed by atoms with Gasteiger partial charge in [0.1, 0.15) is 17.3 Å². The molecule has 0 bridgehead atoms. The molecule has 1 amide bonds. The fraction of sp³-hybridized carbons (Fsp3) is 0.273. The number of rotatable bonds is 4. The number of ether oxygens (including phenoxy) is 1. The molecule has 0 fully saturated rings. The Kier molecular flexibility index (Phi) is 3.99. The number of Topliss-reactive ketones (excluding diaryl/α,β-unsaturated/α-hetero) is 1. The van der Waals surface area contributed by atoms with Gasteiger partial charge in [0.25, 0.3) is 0 Å². The first-order valence-electron chi connectivity index (χ1n) is 4.65. The molecule has 86 valence electrons. The van der Waals surface area contributed by atoms with E-state index in [-0.39, 0.29) is 17.9 Å². The molecule has 0 aliphatic heterocycles. The lowest BCUT2D eigenvalue weighted by molar-refractivity contribution is -0.124. The molecular formula is C11H12FNO3. The molecule has 16 heavy (non-hydrogen) atoms. The van der Waals surface area contributed by atoms with Crippen LogP contribution in [0.2, 0.25) is 0 Å². The molecule has 0 unspecified atom stereocenters. The van der Waals surface area contributed by atoms with E-state index < -0.39 is 11.7 Å². The van der Waals surface area contributed by atoms with Crippen molar-refractivity contribution in [1.29, 1.82) is 0 Å². The Morgan fingerprint density at radius 1 is 1.44 bits per heavy atom. The third kappa shape index (κ3) is 3.34. The number of hydrogen-bond donors (Lipinski definition) is 1. The summed E-state index contributed by atoms with van der Waals surface area (Å²) in [5, 5.41) is 2.41. The molecular weight excluding hydrogens is 213 g/mol. The van der Waals surface area contributed by atoms with Crippen LogP contribution < -0.4 is 10.1 Å². The van der Waals surface area contributed by atoms with Crippen molar-refractivity contribution in [3.63, 3.8) is 0 Å². The van der Waals surface area contributed by atoms with Gasteiger partial charge in [0.2, 0.25) is 5.91 Å². The molecule has 0 atom stereocenters. The number of anilines is 1. The van der Waals surface area contributed by atoms with Crippen molar-refractivity contribution >= 4 is 17.4 Å². The van der Waals surface area contributed by atoms with E-state index in [1.807, 2.05) is 0 Å². The molecule has 0 radical (unpaired) electrons. The van der Waals surface area contributed by atoms with E-state index in [4.69, 9.17) is 4.74 Å². The normalized spacial score (nSPS) is 9.69. The van der Waals surface area contributed by atoms with Crippen LogP contribution in [-0.2, 0) is 9.59 Å². The van der Waals surface area contributed by atoms with Gasteiger partial charge in [-0.3, -0.25) is 9.59 Å². The van der Waals surface area contributed by atoms with Crippen molar-refractivity contribution in [3.8, 4) is 5.75 Å². The zero-order valence-corrected chi connectivity index (χ0v) is 9.04. The van der Waals surface area contributed by atoms with Gasteiger partial charge in [-0.1, -0.05) is 0 Å². The Balaban J connectivity index is 2.83. The third-order valence-electron chi connectivity index (χ3n) is 1.85. The second-order valence-corrected chi connectivity index (χ2v) is 3.27. The van der Waals surface area contributed by atoms with Crippen molar-refractivity contribution in [2.75, 3.05) is 12.4 Å². The topological polar surface area (TPSA) is 55.4 Å². The molecule has 0 saturated carbocycles. The molecule has 0 aliphatic carbocycles. The number of ketones is 1. The average molecular weight is 225 g/mol. The highest BCUT2D eigenvalue weighted by atomic mass is 19.1. The second kappa shape index (κ2) is 5.25. The second-order valence-electron chi connectivity index (χ2n) is 3.27. The van der Waals surface area contributed by atoms with Crippen molar-refractivity contribution < 1.29 is 18.7 Å². The van der Waals surface area contributed by atoms with Gasteiger partial charge in [0.15, 0.2) is 0 Å². The minimum Gasteiger partial charge on any atom is -0.495 e. The van der Waals surface area contributed by atoms with E-state index in [2.05, 4.69) is 5.32 Å². The molecule has 0 aliphatic rings. The third-order valence-corrected chi connectivity index (χ3v) is 1.85. The lowest BCUT2D eigenvalue weighted by atomic mass is 10.2. The van der Waals surface area contributed by atoms with E-state index >= 15 is 0 Å². The molecule has 0 spiro atoms. The van der Waals surface area contributed by atoms with Crippen LogP contribution in [0.25, 0.3) is 0 Å². The maximum Gasteiger partial charge on any atom is 0.231 e. The van der Waals surface area contributed by atoms with Crippen molar-refractivity contribution in [2.24, 2.45) is 0 Å². The molecule has 5 heteroatoms. The predicted octanol–water partition coefficient (Wildman–Crippen LogP) is 1.75. The number of benzene rings is 1. The maximum absolute atomic E-state index is 12.9. The zero-order chi connectivity index (χ0) is 12.1. The van der Waals surface area contributed by atoms with Crippen LogP contribution >= 0.6 is 0 Å². The van der Waals surface area contributed by atoms with E-state index in [0.29, 0.717) is 5.75 Å². The van der Waals surface area contributed by atoms with Gasteiger partial charge in [-0.05, 0) is 19.1 Å². The summed E-state index contributed by atoms with van der Waals surface area (Å²) >= 11 is 0. The summed E-state index contributed by atoms with van der Waals surface area (Å²) < 4.78 is 17.9. The number of halogens is 1. The van der Waals surface area contributed by atoms with Gasteiger partial charge in [0, 0.05) is 6.07 Å². The largest absolute Gasteiger partial charge is 0.495 e. The number of hydrogen-bond acceptors (Lipinski definition) is 3. The quantitative estimate of drug-likeness (QED) is 0.794. The van der Waals surface area contributed by atoms with Crippen LogP contribution in [0.3, 0.4) is 0 Å². The maximum atomic E-state index is 12.9. The van der Waals surface area contributed by atoms with E-state index in [0.717, 1.165) is 6.07 Å². The van der Waals surface area contributed by atoms with Gasteiger partial charge in [-0.15, -0.1) is 0 Å². The molecule has 1 aromatic carbocycles. The van der Waals surface area contributed by atoms with Crippen molar-refractivity contribution in [3.05, 3.63) is 24.0 Å². The number of nitrogens with one attached hydrogen (secondary N) is 1. The Hall–Kier alpha value is -1.91. The average Bonchev–Trinajstić information content (AvgIpc) is 2.16. The van der Waals surface area contributed by atoms with Gasteiger partial charge in [-0.2, -0.15) is 0 Å². The summed E-state index contributed by atoms with van der Waals surface area (Å²) in [5.41, 5.74) is 0.216. The first-order chi connectivity index (χ1) is 7.52. The summed E-state index contributed by atoms with van der Waals surface area (Å²) in [6, 6.07) is 3.76. The van der Waals surface area contributed by atoms with Crippen molar-refractivity contribution in [1.82, 2.24) is 0 Å². The van der Waals surface area contributed by atoms with Crippen LogP contribution in [0.1, 0.15) is 13.3 Å². The van der Waals surface area contributed by atoms with Crippen LogP contribution in [0.5, 0.6) is 5.75 Å². The number of methoxy groups -OCH3 is 1. The van der Waals surface area contributed by atoms with Gasteiger partial charge in [-0.25, -0.2) is 4.39 Å². The fourth-order valence-electron chi connectivity index (χ4n) is 1.20. The van der Waals surface area contributed by atoms with Crippen molar-refractivity contribution in [2.45, 2.75) is 13.3 Å². The van der Waals surface area contributed by atoms with Crippen LogP contribution in [0, 0.1) is 5.82 Å². The number of carbonyl (C=O) groups excluding carboxylic acids is 2. The highest BCUT2D eigenvalue weighted by Gasteiger charge is 2.10. The standard InChI is InChI=1S/C11H12FNO3/c1-7(14)5-11(15)13-9-6-8(12)3-4-10(9)16-2/h3-4,6H,5H2,1-2H3,(H,13,15). The first-order valence-corrected chi connectivity index (χ1v) is 4.65. The molecule has 0 aromatic heterocycles. The van der Waals surface area contributed by atoms with Gasteiger partial charge >= 0.3 is 0 Å². The fourth-order valence-corrected chi connectivity index (χ4v) is 1.20. The van der Waals surface area contributed by atoms with E-state index in [1.165, 1.54) is 26.2 Å². The lowest BCUT2D eigenvalue weighted by Gasteiger charge is -2.09. The molecule has 0 heterocycles. The highest BCUT2D eigenvalue weighted by molar-refractivity contribution is 6.04. The van der Waals surface area contributed by atoms with E-state index in [1.54, 1.807) is 0 Å². The SMILES string of the molecule is COc1ccc(F)cc1NC(=O)CC(C)=O. The monoisotopic (exact) mass is 225 g/mol. The van der Waals surface area contributed by atoms with Crippen LogP contribution in [-0.4, -0.2) is 18.8 Å². The minimum absolute atomic E-state index is 0.216. The minimum atomic E-state index is -0.489. The number of amides is 1. The Bertz CT molecular complexity index is 418. The first kappa shape index (κ1) is 12.2. The summed E-state index contributed by atoms with van der Waals surface area (Å²) in [4.78, 5) is 22.0. The summed E-state index contributed by atoms with van der Waals surface area (Å²) in [7, 11) is 1.41. The Morgan fingerprint density at radius 2 is 2.12 bits per heavy atom. The molecule has 4 nitrogen and oxygen atoms in total. The van der Waals surface area contributed by atoms with Crippen LogP contribution in [0.4, 0.5) is 10.1 Å². The molecule has 1 rings (SSSR count).